The van der Waals surface area contributed by atoms with Crippen LogP contribution in [-0.2, 0) is 25.5 Å². The summed E-state index contributed by atoms with van der Waals surface area (Å²) >= 11 is 0. The Hall–Kier alpha value is -5.20. The van der Waals surface area contributed by atoms with Crippen molar-refractivity contribution in [3.8, 4) is 22.5 Å². The fourth-order valence-corrected chi connectivity index (χ4v) is 7.78. The SMILES string of the molecule is CC(C)(c1ccccc1)c1ccnc(-c2[c-]ccc3c2oc2ccccc23)c1.C[Si](C)(C)c1ccc(-c2[c-]ccc3c2oc2cc(F)ccc23)nc1.[Ir]. The van der Waals surface area contributed by atoms with Crippen molar-refractivity contribution in [3.05, 3.63) is 163 Å². The topological polar surface area (TPSA) is 52.1 Å². The molecular formula is C46H37FIrN2O2Si-2. The number of furan rings is 2. The third kappa shape index (κ3) is 6.88. The summed E-state index contributed by atoms with van der Waals surface area (Å²) in [5.41, 5.74) is 8.75. The normalized spacial score (nSPS) is 11.8. The van der Waals surface area contributed by atoms with Gasteiger partial charge in [0, 0.05) is 54.8 Å². The molecule has 4 aromatic heterocycles. The van der Waals surface area contributed by atoms with Gasteiger partial charge in [-0.15, -0.1) is 36.4 Å². The zero-order valence-corrected chi connectivity index (χ0v) is 33.5. The fourth-order valence-electron chi connectivity index (χ4n) is 6.75. The molecule has 265 valence electrons. The average Bonchev–Trinajstić information content (AvgIpc) is 3.73. The van der Waals surface area contributed by atoms with Crippen molar-refractivity contribution in [1.29, 1.82) is 0 Å². The van der Waals surface area contributed by atoms with Crippen molar-refractivity contribution in [2.45, 2.75) is 38.9 Å². The summed E-state index contributed by atoms with van der Waals surface area (Å²) in [5.74, 6) is -0.301. The van der Waals surface area contributed by atoms with E-state index in [4.69, 9.17) is 8.83 Å². The zero-order valence-electron chi connectivity index (χ0n) is 30.1. The van der Waals surface area contributed by atoms with Crippen molar-refractivity contribution in [2.75, 3.05) is 0 Å². The van der Waals surface area contributed by atoms with Crippen LogP contribution in [0.2, 0.25) is 19.6 Å². The van der Waals surface area contributed by atoms with E-state index in [2.05, 4.69) is 116 Å². The van der Waals surface area contributed by atoms with Gasteiger partial charge in [0.2, 0.25) is 0 Å². The van der Waals surface area contributed by atoms with Gasteiger partial charge in [0.25, 0.3) is 0 Å². The van der Waals surface area contributed by atoms with Gasteiger partial charge in [0.1, 0.15) is 17.0 Å². The van der Waals surface area contributed by atoms with Crippen LogP contribution in [-0.4, -0.2) is 18.0 Å². The molecule has 0 aliphatic heterocycles. The van der Waals surface area contributed by atoms with Crippen LogP contribution in [0.1, 0.15) is 25.0 Å². The smallest absolute Gasteiger partial charge is 0.126 e. The van der Waals surface area contributed by atoms with Gasteiger partial charge < -0.3 is 18.8 Å². The molecule has 0 bridgehead atoms. The molecule has 0 aliphatic carbocycles. The maximum Gasteiger partial charge on any atom is 0.126 e. The van der Waals surface area contributed by atoms with E-state index in [1.165, 1.54) is 28.4 Å². The number of para-hydroxylation sites is 1. The Labute approximate surface area is 323 Å². The van der Waals surface area contributed by atoms with E-state index in [-0.39, 0.29) is 31.3 Å². The average molecular weight is 889 g/mol. The van der Waals surface area contributed by atoms with Crippen LogP contribution in [0.15, 0.2) is 143 Å². The largest absolute Gasteiger partial charge is 0.501 e. The second-order valence-electron chi connectivity index (χ2n) is 14.6. The Morgan fingerprint density at radius 1 is 0.604 bits per heavy atom. The third-order valence-corrected chi connectivity index (χ3v) is 11.9. The minimum absolute atomic E-state index is 0. The molecule has 1 radical (unpaired) electrons. The van der Waals surface area contributed by atoms with Crippen LogP contribution >= 0.6 is 0 Å². The molecule has 4 nitrogen and oxygen atoms in total. The second kappa shape index (κ2) is 14.3. The monoisotopic (exact) mass is 889 g/mol. The van der Waals surface area contributed by atoms with Crippen LogP contribution in [0, 0.1) is 17.9 Å². The van der Waals surface area contributed by atoms with E-state index >= 15 is 0 Å². The maximum absolute atomic E-state index is 13.5. The number of halogens is 1. The van der Waals surface area contributed by atoms with E-state index < -0.39 is 8.07 Å². The molecule has 53 heavy (non-hydrogen) atoms. The standard InChI is InChI=1S/C26H20NO.C20H17FNOSi.Ir/c1-26(2,18-9-4-3-5-10-18)19-15-16-27-23(17-19)22-13-8-12-21-20-11-6-7-14-24(20)28-25(21)22;1-24(2,3)14-8-10-18(22-12-14)17-6-4-5-16-15-9-7-13(21)11-19(15)23-20(16)17;/h3-12,14-17H,1-2H3;4-5,7-12H,1-3H3;/q2*-1;. The Morgan fingerprint density at radius 3 is 1.92 bits per heavy atom. The molecule has 0 saturated carbocycles. The predicted octanol–water partition coefficient (Wildman–Crippen LogP) is 11.9. The van der Waals surface area contributed by atoms with Gasteiger partial charge in [-0.05, 0) is 52.0 Å². The summed E-state index contributed by atoms with van der Waals surface area (Å²) in [5, 5.41) is 5.38. The Kier molecular flexibility index (Phi) is 9.77. The molecule has 9 rings (SSSR count). The fraction of sp³-hybridized carbons (Fsp3) is 0.130. The maximum atomic E-state index is 13.5. The van der Waals surface area contributed by atoms with Crippen LogP contribution in [0.25, 0.3) is 66.4 Å². The van der Waals surface area contributed by atoms with Gasteiger partial charge in [-0.1, -0.05) is 122 Å². The Balaban J connectivity index is 0.000000163. The number of pyridine rings is 2. The van der Waals surface area contributed by atoms with E-state index in [9.17, 15) is 4.39 Å². The Bertz CT molecular complexity index is 2710. The summed E-state index contributed by atoms with van der Waals surface area (Å²) in [4.78, 5) is 9.27. The van der Waals surface area contributed by atoms with Crippen LogP contribution in [0.4, 0.5) is 4.39 Å². The first-order valence-corrected chi connectivity index (χ1v) is 20.9. The molecule has 7 heteroatoms. The molecule has 0 atom stereocenters. The van der Waals surface area contributed by atoms with Crippen molar-refractivity contribution in [3.63, 3.8) is 0 Å². The first-order valence-electron chi connectivity index (χ1n) is 17.4. The van der Waals surface area contributed by atoms with Gasteiger partial charge in [-0.3, -0.25) is 0 Å². The summed E-state index contributed by atoms with van der Waals surface area (Å²) in [6, 6.07) is 46.1. The molecule has 0 amide bonds. The number of hydrogen-bond acceptors (Lipinski definition) is 4. The summed E-state index contributed by atoms with van der Waals surface area (Å²) in [7, 11) is -1.38. The van der Waals surface area contributed by atoms with E-state index in [0.29, 0.717) is 11.2 Å². The number of fused-ring (bicyclic) bond motifs is 6. The molecular weight excluding hydrogens is 852 g/mol. The number of benzene rings is 5. The predicted molar refractivity (Wildman–Crippen MR) is 213 cm³/mol. The molecule has 0 N–H and O–H groups in total. The number of nitrogens with zero attached hydrogens (tertiary/aromatic N) is 2. The molecule has 0 unspecified atom stereocenters. The molecule has 0 saturated heterocycles. The molecule has 9 aromatic rings. The first-order chi connectivity index (χ1) is 25.1. The molecule has 0 spiro atoms. The zero-order chi connectivity index (χ0) is 36.0. The van der Waals surface area contributed by atoms with Gasteiger partial charge in [0.05, 0.1) is 19.2 Å². The van der Waals surface area contributed by atoms with Gasteiger partial charge in [-0.25, -0.2) is 4.39 Å². The summed E-state index contributed by atoms with van der Waals surface area (Å²) in [6.45, 7) is 11.4. The van der Waals surface area contributed by atoms with Crippen LogP contribution in [0.3, 0.4) is 0 Å². The van der Waals surface area contributed by atoms with Gasteiger partial charge >= 0.3 is 0 Å². The molecule has 0 aliphatic rings. The number of aromatic nitrogens is 2. The van der Waals surface area contributed by atoms with Crippen LogP contribution < -0.4 is 5.19 Å². The number of hydrogen-bond donors (Lipinski definition) is 0. The van der Waals surface area contributed by atoms with Crippen molar-refractivity contribution < 1.29 is 33.3 Å². The van der Waals surface area contributed by atoms with Crippen LogP contribution in [0.5, 0.6) is 0 Å². The second-order valence-corrected chi connectivity index (χ2v) is 19.7. The van der Waals surface area contributed by atoms with E-state index in [0.717, 1.165) is 55.2 Å². The van der Waals surface area contributed by atoms with Crippen molar-refractivity contribution in [1.82, 2.24) is 9.97 Å². The third-order valence-electron chi connectivity index (χ3n) is 9.85. The minimum Gasteiger partial charge on any atom is -0.501 e. The quantitative estimate of drug-likeness (QED) is 0.128. The summed E-state index contributed by atoms with van der Waals surface area (Å²) in [6.07, 6.45) is 3.83. The molecule has 4 heterocycles. The molecule has 5 aromatic carbocycles. The Morgan fingerprint density at radius 2 is 1.25 bits per heavy atom. The van der Waals surface area contributed by atoms with Crippen molar-refractivity contribution >= 4 is 57.1 Å². The summed E-state index contributed by atoms with van der Waals surface area (Å²) < 4.78 is 25.6. The first kappa shape index (κ1) is 36.2. The number of rotatable bonds is 5. The van der Waals surface area contributed by atoms with Gasteiger partial charge in [0.15, 0.2) is 0 Å². The van der Waals surface area contributed by atoms with Crippen molar-refractivity contribution in [2.24, 2.45) is 0 Å². The minimum atomic E-state index is -1.38. The van der Waals surface area contributed by atoms with E-state index in [1.54, 1.807) is 6.07 Å². The van der Waals surface area contributed by atoms with E-state index in [1.807, 2.05) is 54.9 Å². The van der Waals surface area contributed by atoms with Gasteiger partial charge in [-0.2, -0.15) is 0 Å². The molecule has 0 fully saturated rings.